The lowest BCUT2D eigenvalue weighted by atomic mass is 9.97. The smallest absolute Gasteiger partial charge is 0.0476 e. The molecule has 1 aliphatic rings. The first-order chi connectivity index (χ1) is 7.72. The van der Waals surface area contributed by atoms with Gasteiger partial charge in [0, 0.05) is 25.4 Å². The zero-order valence-electron chi connectivity index (χ0n) is 10.2. The predicted molar refractivity (Wildman–Crippen MR) is 67.9 cm³/mol. The van der Waals surface area contributed by atoms with E-state index >= 15 is 0 Å². The van der Waals surface area contributed by atoms with Crippen molar-refractivity contribution in [2.24, 2.45) is 5.92 Å². The lowest BCUT2D eigenvalue weighted by Gasteiger charge is -2.35. The Bertz CT molecular complexity index is 342. The van der Waals surface area contributed by atoms with E-state index in [0.717, 1.165) is 19.5 Å². The molecule has 0 aliphatic carbocycles. The van der Waals surface area contributed by atoms with Crippen LogP contribution in [0.1, 0.15) is 24.0 Å². The normalized spacial score (nSPS) is 21.2. The Morgan fingerprint density at radius 2 is 2.00 bits per heavy atom. The summed E-state index contributed by atoms with van der Waals surface area (Å²) in [6.45, 7) is 6.79. The van der Waals surface area contributed by atoms with Gasteiger partial charge in [0.05, 0.1) is 0 Å². The zero-order valence-corrected chi connectivity index (χ0v) is 10.2. The molecule has 0 aromatic heterocycles. The average Bonchev–Trinajstić information content (AvgIpc) is 2.29. The minimum absolute atomic E-state index is 0.321. The molecular weight excluding hydrogens is 198 g/mol. The molecule has 1 aromatic carbocycles. The van der Waals surface area contributed by atoms with Crippen LogP contribution in [0.15, 0.2) is 18.2 Å². The van der Waals surface area contributed by atoms with Gasteiger partial charge in [-0.05, 0) is 43.7 Å². The number of aryl methyl sites for hydroxylation is 2. The summed E-state index contributed by atoms with van der Waals surface area (Å²) in [5, 5.41) is 9.27. The van der Waals surface area contributed by atoms with E-state index < -0.39 is 0 Å². The molecule has 16 heavy (non-hydrogen) atoms. The van der Waals surface area contributed by atoms with Crippen LogP contribution < -0.4 is 4.90 Å². The molecule has 1 fully saturated rings. The molecule has 0 saturated carbocycles. The molecule has 1 atom stereocenters. The van der Waals surface area contributed by atoms with Crippen molar-refractivity contribution < 1.29 is 5.11 Å². The highest BCUT2D eigenvalue weighted by atomic mass is 16.3. The number of hydrogen-bond acceptors (Lipinski definition) is 2. The summed E-state index contributed by atoms with van der Waals surface area (Å²) in [5.74, 6) is 0.452. The first-order valence-corrected chi connectivity index (χ1v) is 6.14. The SMILES string of the molecule is Cc1cccc(C)c1N1CCC[C@H](CO)C1. The first kappa shape index (κ1) is 11.5. The van der Waals surface area contributed by atoms with E-state index in [1.807, 2.05) is 0 Å². The van der Waals surface area contributed by atoms with Crippen LogP contribution in [0.25, 0.3) is 0 Å². The number of nitrogens with zero attached hydrogens (tertiary/aromatic N) is 1. The van der Waals surface area contributed by atoms with E-state index in [1.54, 1.807) is 0 Å². The lowest BCUT2D eigenvalue weighted by Crippen LogP contribution is -2.37. The second-order valence-electron chi connectivity index (χ2n) is 4.88. The summed E-state index contributed by atoms with van der Waals surface area (Å²) in [5.41, 5.74) is 4.07. The van der Waals surface area contributed by atoms with Gasteiger partial charge in [-0.3, -0.25) is 0 Å². The third-order valence-corrected chi connectivity index (χ3v) is 3.53. The molecule has 2 heteroatoms. The van der Waals surface area contributed by atoms with Crippen LogP contribution in [0.3, 0.4) is 0 Å². The standard InChI is InChI=1S/C14H21NO/c1-11-5-3-6-12(2)14(11)15-8-4-7-13(9-15)10-16/h3,5-6,13,16H,4,7-10H2,1-2H3/t13-/m0/s1. The Balaban J connectivity index is 2.23. The van der Waals surface area contributed by atoms with Crippen molar-refractivity contribution in [2.45, 2.75) is 26.7 Å². The number of piperidine rings is 1. The highest BCUT2D eigenvalue weighted by molar-refractivity contribution is 5.59. The van der Waals surface area contributed by atoms with Gasteiger partial charge < -0.3 is 10.0 Å². The first-order valence-electron chi connectivity index (χ1n) is 6.14. The number of benzene rings is 1. The topological polar surface area (TPSA) is 23.5 Å². The summed E-state index contributed by atoms with van der Waals surface area (Å²) in [6.07, 6.45) is 2.36. The number of rotatable bonds is 2. The Morgan fingerprint density at radius 1 is 1.31 bits per heavy atom. The summed E-state index contributed by atoms with van der Waals surface area (Å²) in [4.78, 5) is 2.44. The van der Waals surface area contributed by atoms with Gasteiger partial charge in [0.2, 0.25) is 0 Å². The van der Waals surface area contributed by atoms with Gasteiger partial charge in [-0.1, -0.05) is 18.2 Å². The quantitative estimate of drug-likeness (QED) is 0.826. The average molecular weight is 219 g/mol. The number of para-hydroxylation sites is 1. The Labute approximate surface area is 97.9 Å². The van der Waals surface area contributed by atoms with Crippen LogP contribution in [0.4, 0.5) is 5.69 Å². The molecule has 0 spiro atoms. The molecule has 1 aliphatic heterocycles. The number of anilines is 1. The van der Waals surface area contributed by atoms with Gasteiger partial charge in [-0.2, -0.15) is 0 Å². The maximum atomic E-state index is 9.27. The third kappa shape index (κ3) is 2.22. The summed E-state index contributed by atoms with van der Waals surface area (Å²) in [6, 6.07) is 6.46. The van der Waals surface area contributed by atoms with Crippen LogP contribution in [0, 0.1) is 19.8 Å². The minimum atomic E-state index is 0.321. The lowest BCUT2D eigenvalue weighted by molar-refractivity contribution is 0.208. The summed E-state index contributed by atoms with van der Waals surface area (Å²) < 4.78 is 0. The molecule has 1 aromatic rings. The van der Waals surface area contributed by atoms with Crippen molar-refractivity contribution in [3.05, 3.63) is 29.3 Å². The van der Waals surface area contributed by atoms with Gasteiger partial charge in [0.15, 0.2) is 0 Å². The van der Waals surface area contributed by atoms with Crippen LogP contribution in [0.2, 0.25) is 0 Å². The second-order valence-corrected chi connectivity index (χ2v) is 4.88. The molecule has 2 rings (SSSR count). The van der Waals surface area contributed by atoms with Crippen molar-refractivity contribution in [1.29, 1.82) is 0 Å². The maximum absolute atomic E-state index is 9.27. The molecule has 88 valence electrons. The molecule has 1 N–H and O–H groups in total. The Morgan fingerprint density at radius 3 is 2.62 bits per heavy atom. The number of hydrogen-bond donors (Lipinski definition) is 1. The largest absolute Gasteiger partial charge is 0.396 e. The Kier molecular flexibility index (Phi) is 3.49. The van der Waals surface area contributed by atoms with E-state index in [9.17, 15) is 5.11 Å². The Hall–Kier alpha value is -1.02. The van der Waals surface area contributed by atoms with Crippen molar-refractivity contribution in [3.63, 3.8) is 0 Å². The fourth-order valence-electron chi connectivity index (χ4n) is 2.72. The molecule has 0 amide bonds. The molecule has 0 radical (unpaired) electrons. The molecule has 0 unspecified atom stereocenters. The van der Waals surface area contributed by atoms with Gasteiger partial charge in [-0.15, -0.1) is 0 Å². The molecular formula is C14H21NO. The van der Waals surface area contributed by atoms with Gasteiger partial charge in [-0.25, -0.2) is 0 Å². The highest BCUT2D eigenvalue weighted by Gasteiger charge is 2.21. The fraction of sp³-hybridized carbons (Fsp3) is 0.571. The third-order valence-electron chi connectivity index (χ3n) is 3.53. The number of aliphatic hydroxyl groups excluding tert-OH is 1. The molecule has 1 heterocycles. The van der Waals surface area contributed by atoms with Crippen molar-refractivity contribution in [3.8, 4) is 0 Å². The highest BCUT2D eigenvalue weighted by Crippen LogP contribution is 2.28. The molecule has 0 bridgehead atoms. The van der Waals surface area contributed by atoms with Gasteiger partial charge in [0.1, 0.15) is 0 Å². The minimum Gasteiger partial charge on any atom is -0.396 e. The molecule has 1 saturated heterocycles. The van der Waals surface area contributed by atoms with E-state index in [0.29, 0.717) is 12.5 Å². The van der Waals surface area contributed by atoms with Crippen LogP contribution >= 0.6 is 0 Å². The van der Waals surface area contributed by atoms with Crippen molar-refractivity contribution >= 4 is 5.69 Å². The number of aliphatic hydroxyl groups is 1. The zero-order chi connectivity index (χ0) is 11.5. The van der Waals surface area contributed by atoms with Gasteiger partial charge in [0.25, 0.3) is 0 Å². The van der Waals surface area contributed by atoms with Crippen LogP contribution in [0.5, 0.6) is 0 Å². The van der Waals surface area contributed by atoms with E-state index in [1.165, 1.54) is 23.2 Å². The maximum Gasteiger partial charge on any atom is 0.0476 e. The van der Waals surface area contributed by atoms with Gasteiger partial charge >= 0.3 is 0 Å². The van der Waals surface area contributed by atoms with Crippen molar-refractivity contribution in [2.75, 3.05) is 24.6 Å². The fourth-order valence-corrected chi connectivity index (χ4v) is 2.72. The summed E-state index contributed by atoms with van der Waals surface area (Å²) in [7, 11) is 0. The van der Waals surface area contributed by atoms with Crippen molar-refractivity contribution in [1.82, 2.24) is 0 Å². The second kappa shape index (κ2) is 4.88. The van der Waals surface area contributed by atoms with E-state index in [4.69, 9.17) is 0 Å². The van der Waals surface area contributed by atoms with E-state index in [2.05, 4.69) is 36.9 Å². The monoisotopic (exact) mass is 219 g/mol. The molecule has 2 nitrogen and oxygen atoms in total. The predicted octanol–water partition coefficient (Wildman–Crippen LogP) is 2.51. The van der Waals surface area contributed by atoms with E-state index in [-0.39, 0.29) is 0 Å². The summed E-state index contributed by atoms with van der Waals surface area (Å²) >= 11 is 0. The van der Waals surface area contributed by atoms with Crippen LogP contribution in [-0.2, 0) is 0 Å². The van der Waals surface area contributed by atoms with Crippen LogP contribution in [-0.4, -0.2) is 24.8 Å².